The third-order valence-electron chi connectivity index (χ3n) is 5.59. The predicted octanol–water partition coefficient (Wildman–Crippen LogP) is 8.58. The van der Waals surface area contributed by atoms with Gasteiger partial charge in [-0.25, -0.2) is 0 Å². The Morgan fingerprint density at radius 3 is 1.51 bits per heavy atom. The first kappa shape index (κ1) is 26.7. The molecule has 0 amide bonds. The largest absolute Gasteiger partial charge is 0.494 e. The third-order valence-corrected chi connectivity index (χ3v) is 8.84. The fourth-order valence-corrected chi connectivity index (χ4v) is 6.72. The minimum Gasteiger partial charge on any atom is -0.494 e. The quantitative estimate of drug-likeness (QED) is 0.211. The summed E-state index contributed by atoms with van der Waals surface area (Å²) in [5.74, 6) is 1.45. The van der Waals surface area contributed by atoms with Crippen LogP contribution < -0.4 is 9.47 Å². The molecule has 0 N–H and O–H groups in total. The van der Waals surface area contributed by atoms with Gasteiger partial charge in [0.15, 0.2) is 0 Å². The fourth-order valence-electron chi connectivity index (χ4n) is 3.67. The lowest BCUT2D eigenvalue weighted by atomic mass is 10.3. The molecule has 0 aliphatic heterocycles. The summed E-state index contributed by atoms with van der Waals surface area (Å²) >= 11 is 0. The molecule has 0 aliphatic carbocycles. The molecule has 3 aromatic carbocycles. The van der Waals surface area contributed by atoms with Crippen LogP contribution in [0.15, 0.2) is 93.5 Å². The van der Waals surface area contributed by atoms with E-state index >= 15 is 0 Å². The van der Waals surface area contributed by atoms with Crippen molar-refractivity contribution in [3.05, 3.63) is 78.9 Å². The lowest BCUT2D eigenvalue weighted by Crippen LogP contribution is -2.13. The molecule has 0 heterocycles. The van der Waals surface area contributed by atoms with Crippen molar-refractivity contribution in [2.45, 2.75) is 74.0 Å². The van der Waals surface area contributed by atoms with Gasteiger partial charge in [0.05, 0.1) is 13.2 Å². The second kappa shape index (κ2) is 13.8. The molecule has 3 aromatic rings. The van der Waals surface area contributed by atoms with Crippen molar-refractivity contribution >= 4 is 16.3 Å². The van der Waals surface area contributed by atoms with Gasteiger partial charge in [-0.1, -0.05) is 51.8 Å². The van der Waals surface area contributed by atoms with Crippen molar-refractivity contribution in [2.24, 2.45) is 0 Å². The Kier molecular flexibility index (Phi) is 10.5. The first-order valence-electron chi connectivity index (χ1n) is 12.7. The van der Waals surface area contributed by atoms with Crippen LogP contribution in [0, 0.1) is 0 Å². The van der Waals surface area contributed by atoms with E-state index in [-0.39, 0.29) is 5.97 Å². The van der Waals surface area contributed by atoms with Crippen molar-refractivity contribution in [3.8, 4) is 11.5 Å². The van der Waals surface area contributed by atoms with E-state index in [0.717, 1.165) is 58.3 Å². The topological polar surface area (TPSA) is 44.8 Å². The molecule has 0 atom stereocenters. The smallest absolute Gasteiger partial charge is 0.317 e. The van der Waals surface area contributed by atoms with Gasteiger partial charge in [0.25, 0.3) is 0 Å². The maximum atomic E-state index is 13.0. The molecule has 35 heavy (non-hydrogen) atoms. The number of benzene rings is 3. The normalized spacial score (nSPS) is 11.6. The van der Waals surface area contributed by atoms with E-state index in [0.29, 0.717) is 19.6 Å². The molecule has 0 radical (unpaired) electrons. The van der Waals surface area contributed by atoms with Crippen LogP contribution in [0.25, 0.3) is 0 Å². The van der Waals surface area contributed by atoms with Crippen LogP contribution in [-0.2, 0) is 8.98 Å². The Morgan fingerprint density at radius 1 is 0.629 bits per heavy atom. The molecule has 3 rings (SSSR count). The fraction of sp³-hybridized carbons (Fsp3) is 0.367. The number of hydrogen-bond acceptors (Lipinski definition) is 4. The molecular formula is C30H38O4S. The summed E-state index contributed by atoms with van der Waals surface area (Å²) in [5, 5.41) is 0. The molecule has 5 heteroatoms. The van der Waals surface area contributed by atoms with Crippen molar-refractivity contribution in [1.29, 1.82) is 0 Å². The van der Waals surface area contributed by atoms with Gasteiger partial charge in [-0.05, 0) is 90.2 Å². The summed E-state index contributed by atoms with van der Waals surface area (Å²) in [5.41, 5.74) is 0. The van der Waals surface area contributed by atoms with Crippen LogP contribution in [-0.4, -0.2) is 19.2 Å². The van der Waals surface area contributed by atoms with E-state index in [2.05, 4.69) is 13.8 Å². The molecule has 4 nitrogen and oxygen atoms in total. The third kappa shape index (κ3) is 7.04. The zero-order valence-corrected chi connectivity index (χ0v) is 22.0. The molecule has 0 aromatic heterocycles. The second-order valence-corrected chi connectivity index (χ2v) is 11.1. The van der Waals surface area contributed by atoms with E-state index < -0.39 is 10.3 Å². The summed E-state index contributed by atoms with van der Waals surface area (Å²) in [4.78, 5) is 15.9. The monoisotopic (exact) mass is 494 g/mol. The number of ether oxygens (including phenoxy) is 2. The van der Waals surface area contributed by atoms with Gasteiger partial charge < -0.3 is 13.7 Å². The van der Waals surface area contributed by atoms with Crippen molar-refractivity contribution in [3.63, 3.8) is 0 Å². The van der Waals surface area contributed by atoms with Crippen LogP contribution in [0.5, 0.6) is 11.5 Å². The highest BCUT2D eigenvalue weighted by molar-refractivity contribution is 8.30. The van der Waals surface area contributed by atoms with Gasteiger partial charge >= 0.3 is 5.97 Å². The predicted molar refractivity (Wildman–Crippen MR) is 144 cm³/mol. The Balaban J connectivity index is 2.07. The van der Waals surface area contributed by atoms with Crippen LogP contribution >= 0.6 is 10.3 Å². The highest BCUT2D eigenvalue weighted by Crippen LogP contribution is 2.69. The Hall–Kier alpha value is -2.92. The lowest BCUT2D eigenvalue weighted by Gasteiger charge is -2.40. The van der Waals surface area contributed by atoms with Gasteiger partial charge in [-0.15, -0.1) is 0 Å². The molecule has 188 valence electrons. The van der Waals surface area contributed by atoms with Crippen molar-refractivity contribution < 1.29 is 18.5 Å². The zero-order valence-electron chi connectivity index (χ0n) is 21.2. The van der Waals surface area contributed by atoms with E-state index in [4.69, 9.17) is 13.7 Å². The van der Waals surface area contributed by atoms with Crippen LogP contribution in [0.4, 0.5) is 0 Å². The molecule has 0 unspecified atom stereocenters. The zero-order chi connectivity index (χ0) is 24.9. The number of carbonyl (C=O) groups excluding carboxylic acids is 1. The van der Waals surface area contributed by atoms with E-state index in [1.54, 1.807) is 0 Å². The SMILES string of the molecule is CCCCOc1ccc(S(OC(=O)CCC)(c2ccccc2)c2ccc(OCCCC)cc2)cc1. The summed E-state index contributed by atoms with van der Waals surface area (Å²) in [6.45, 7) is 7.67. The Bertz CT molecular complexity index is 963. The van der Waals surface area contributed by atoms with Gasteiger partial charge in [-0.3, -0.25) is 4.79 Å². The highest BCUT2D eigenvalue weighted by Gasteiger charge is 2.35. The molecule has 0 saturated carbocycles. The lowest BCUT2D eigenvalue weighted by molar-refractivity contribution is -0.133. The summed E-state index contributed by atoms with van der Waals surface area (Å²) < 4.78 is 18.3. The first-order valence-corrected chi connectivity index (χ1v) is 14.3. The Morgan fingerprint density at radius 2 is 1.09 bits per heavy atom. The Labute approximate surface area is 212 Å². The van der Waals surface area contributed by atoms with Gasteiger partial charge in [0.2, 0.25) is 0 Å². The standard InChI is InChI=1S/C30H38O4S/c1-4-7-23-32-25-15-19-28(20-16-25)35(34-30(31)12-6-3,27-13-10-9-11-14-27)29-21-17-26(18-22-29)33-24-8-5-2/h9-11,13-22H,4-8,12,23-24H2,1-3H3. The van der Waals surface area contributed by atoms with E-state index in [9.17, 15) is 4.79 Å². The first-order chi connectivity index (χ1) is 17.1. The van der Waals surface area contributed by atoms with Gasteiger partial charge in [0, 0.05) is 21.1 Å². The maximum Gasteiger partial charge on any atom is 0.317 e. The van der Waals surface area contributed by atoms with Gasteiger partial charge in [0.1, 0.15) is 11.5 Å². The molecule has 0 saturated heterocycles. The molecule has 0 fully saturated rings. The summed E-state index contributed by atoms with van der Waals surface area (Å²) in [7, 11) is -2.30. The highest BCUT2D eigenvalue weighted by atomic mass is 32.3. The minimum absolute atomic E-state index is 0.196. The van der Waals surface area contributed by atoms with E-state index in [1.165, 1.54) is 0 Å². The van der Waals surface area contributed by atoms with Gasteiger partial charge in [-0.2, -0.15) is 0 Å². The van der Waals surface area contributed by atoms with Crippen molar-refractivity contribution in [1.82, 2.24) is 0 Å². The number of rotatable bonds is 14. The molecule has 0 spiro atoms. The average Bonchev–Trinajstić information content (AvgIpc) is 2.89. The number of carbonyl (C=O) groups is 1. The second-order valence-electron chi connectivity index (χ2n) is 8.42. The maximum absolute atomic E-state index is 13.0. The molecule has 0 bridgehead atoms. The van der Waals surface area contributed by atoms with Crippen LogP contribution in [0.1, 0.15) is 59.3 Å². The minimum atomic E-state index is -2.30. The summed E-state index contributed by atoms with van der Waals surface area (Å²) in [6, 6.07) is 26.1. The average molecular weight is 495 g/mol. The van der Waals surface area contributed by atoms with Crippen molar-refractivity contribution in [2.75, 3.05) is 13.2 Å². The van der Waals surface area contributed by atoms with E-state index in [1.807, 2.05) is 85.8 Å². The summed E-state index contributed by atoms with van der Waals surface area (Å²) in [6.07, 6.45) is 5.32. The molecule has 0 aliphatic rings. The van der Waals surface area contributed by atoms with Crippen LogP contribution in [0.3, 0.4) is 0 Å². The number of hydrogen-bond donors (Lipinski definition) is 0. The molecular weight excluding hydrogens is 456 g/mol. The van der Waals surface area contributed by atoms with Crippen LogP contribution in [0.2, 0.25) is 0 Å². The number of unbranched alkanes of at least 4 members (excludes halogenated alkanes) is 2.